The first-order chi connectivity index (χ1) is 6.09. The Labute approximate surface area is 74.5 Å². The van der Waals surface area contributed by atoms with Crippen molar-refractivity contribution in [3.63, 3.8) is 0 Å². The average molecular weight is 180 g/mol. The number of aliphatic imine (C=N–C) groups is 1. The van der Waals surface area contributed by atoms with E-state index in [1.165, 1.54) is 6.21 Å². The van der Waals surface area contributed by atoms with Gasteiger partial charge in [-0.15, -0.1) is 0 Å². The molecular formula is C7H8N4O2. The first-order valence-corrected chi connectivity index (χ1v) is 3.66. The summed E-state index contributed by atoms with van der Waals surface area (Å²) in [5.41, 5.74) is 4.36. The van der Waals surface area contributed by atoms with Gasteiger partial charge in [0, 0.05) is 12.3 Å². The van der Waals surface area contributed by atoms with Gasteiger partial charge in [-0.2, -0.15) is 5.26 Å². The van der Waals surface area contributed by atoms with Gasteiger partial charge in [0.2, 0.25) is 0 Å². The molecule has 0 radical (unpaired) electrons. The minimum Gasteiger partial charge on any atom is -0.358 e. The molecule has 0 amide bonds. The number of hydrogen-bond acceptors (Lipinski definition) is 5. The highest BCUT2D eigenvalue weighted by molar-refractivity contribution is 5.72. The van der Waals surface area contributed by atoms with Crippen molar-refractivity contribution in [3.8, 4) is 6.07 Å². The van der Waals surface area contributed by atoms with Crippen molar-refractivity contribution in [1.82, 2.24) is 0 Å². The number of nitriles is 1. The van der Waals surface area contributed by atoms with Crippen LogP contribution in [-0.4, -0.2) is 16.7 Å². The third-order valence-corrected chi connectivity index (χ3v) is 1.71. The van der Waals surface area contributed by atoms with Crippen molar-refractivity contribution in [2.24, 2.45) is 10.7 Å². The number of allylic oxidation sites excluding steroid dienone is 1. The lowest BCUT2D eigenvalue weighted by Gasteiger charge is -1.93. The Hall–Kier alpha value is -1.90. The molecule has 1 aliphatic rings. The van der Waals surface area contributed by atoms with E-state index in [2.05, 4.69) is 4.99 Å². The second-order valence-electron chi connectivity index (χ2n) is 2.77. The summed E-state index contributed by atoms with van der Waals surface area (Å²) < 4.78 is 0. The van der Waals surface area contributed by atoms with Crippen molar-refractivity contribution < 1.29 is 4.92 Å². The molecule has 1 rings (SSSR count). The van der Waals surface area contributed by atoms with Crippen LogP contribution in [0.25, 0.3) is 0 Å². The van der Waals surface area contributed by atoms with Crippen LogP contribution in [0, 0.1) is 21.4 Å². The van der Waals surface area contributed by atoms with E-state index in [1.807, 2.05) is 6.07 Å². The lowest BCUT2D eigenvalue weighted by molar-refractivity contribution is -0.426. The number of nitrogens with two attached hydrogens (primary N) is 1. The van der Waals surface area contributed by atoms with Gasteiger partial charge in [-0.3, -0.25) is 10.7 Å². The number of nitrogens with zero attached hydrogens (tertiary/aromatic N) is 3. The van der Waals surface area contributed by atoms with Crippen molar-refractivity contribution >= 4 is 6.21 Å². The van der Waals surface area contributed by atoms with Crippen LogP contribution >= 0.6 is 0 Å². The van der Waals surface area contributed by atoms with Crippen LogP contribution in [0.5, 0.6) is 0 Å². The Bertz CT molecular complexity index is 322. The van der Waals surface area contributed by atoms with Gasteiger partial charge < -0.3 is 10.1 Å². The van der Waals surface area contributed by atoms with Crippen LogP contribution in [0.15, 0.2) is 16.9 Å². The van der Waals surface area contributed by atoms with Crippen LogP contribution in [0.4, 0.5) is 0 Å². The first-order valence-electron chi connectivity index (χ1n) is 3.66. The molecule has 0 aromatic carbocycles. The molecule has 0 saturated heterocycles. The number of rotatable bonds is 3. The Morgan fingerprint density at radius 1 is 1.77 bits per heavy atom. The summed E-state index contributed by atoms with van der Waals surface area (Å²) in [6.45, 7) is 0. The highest BCUT2D eigenvalue weighted by Crippen LogP contribution is 2.38. The minimum absolute atomic E-state index is 0.475. The van der Waals surface area contributed by atoms with Crippen molar-refractivity contribution in [3.05, 3.63) is 22.0 Å². The summed E-state index contributed by atoms with van der Waals surface area (Å²) in [6, 6.07) is 2.02. The second-order valence-corrected chi connectivity index (χ2v) is 2.77. The minimum atomic E-state index is -0.710. The average Bonchev–Trinajstić information content (AvgIpc) is 2.85. The van der Waals surface area contributed by atoms with Crippen LogP contribution in [0.3, 0.4) is 0 Å². The fourth-order valence-electron chi connectivity index (χ4n) is 0.705. The third-order valence-electron chi connectivity index (χ3n) is 1.71. The lowest BCUT2D eigenvalue weighted by Crippen LogP contribution is -2.09. The molecule has 0 bridgehead atoms. The van der Waals surface area contributed by atoms with Crippen LogP contribution in [-0.2, 0) is 0 Å². The lowest BCUT2D eigenvalue weighted by atomic mass is 10.3. The van der Waals surface area contributed by atoms with E-state index >= 15 is 0 Å². The molecule has 1 saturated carbocycles. The van der Waals surface area contributed by atoms with E-state index in [0.29, 0.717) is 12.8 Å². The zero-order valence-electron chi connectivity index (χ0n) is 6.80. The van der Waals surface area contributed by atoms with E-state index in [9.17, 15) is 10.1 Å². The molecule has 1 fully saturated rings. The SMILES string of the molecule is N#CC1(N=C/C=C(\N)[N+](=O)[O-])CC1. The highest BCUT2D eigenvalue weighted by Gasteiger charge is 2.42. The fourth-order valence-corrected chi connectivity index (χ4v) is 0.705. The maximum Gasteiger partial charge on any atom is 0.315 e. The van der Waals surface area contributed by atoms with Crippen molar-refractivity contribution in [1.29, 1.82) is 5.26 Å². The van der Waals surface area contributed by atoms with Gasteiger partial charge in [0.25, 0.3) is 0 Å². The van der Waals surface area contributed by atoms with Gasteiger partial charge in [-0.05, 0) is 17.8 Å². The predicted octanol–water partition coefficient (Wildman–Crippen LogP) is 0.190. The first kappa shape index (κ1) is 9.19. The van der Waals surface area contributed by atoms with Crippen LogP contribution in [0.2, 0.25) is 0 Å². The Kier molecular flexibility index (Phi) is 2.28. The molecule has 0 spiro atoms. The number of hydrogen-bond donors (Lipinski definition) is 1. The fraction of sp³-hybridized carbons (Fsp3) is 0.429. The third kappa shape index (κ3) is 2.27. The molecule has 6 heteroatoms. The van der Waals surface area contributed by atoms with Gasteiger partial charge in [-0.1, -0.05) is 0 Å². The molecule has 2 N–H and O–H groups in total. The van der Waals surface area contributed by atoms with E-state index in [1.54, 1.807) is 0 Å². The van der Waals surface area contributed by atoms with Crippen molar-refractivity contribution in [2.75, 3.05) is 0 Å². The largest absolute Gasteiger partial charge is 0.358 e. The molecule has 0 atom stereocenters. The molecule has 0 unspecified atom stereocenters. The molecule has 0 aromatic rings. The normalized spacial score (nSPS) is 19.8. The summed E-state index contributed by atoms with van der Waals surface area (Å²) in [5.74, 6) is -0.475. The van der Waals surface area contributed by atoms with Crippen molar-refractivity contribution in [2.45, 2.75) is 18.4 Å². The quantitative estimate of drug-likeness (QED) is 0.380. The predicted molar refractivity (Wildman–Crippen MR) is 45.3 cm³/mol. The van der Waals surface area contributed by atoms with Gasteiger partial charge in [0.15, 0.2) is 0 Å². The Balaban J connectivity index is 2.56. The summed E-state index contributed by atoms with van der Waals surface area (Å²) in [6.07, 6.45) is 3.73. The van der Waals surface area contributed by atoms with Gasteiger partial charge >= 0.3 is 5.82 Å². The Morgan fingerprint density at radius 2 is 2.38 bits per heavy atom. The maximum absolute atomic E-state index is 10.0. The molecule has 0 aromatic heterocycles. The zero-order chi connectivity index (χ0) is 9.90. The van der Waals surface area contributed by atoms with E-state index in [0.717, 1.165) is 6.08 Å². The second kappa shape index (κ2) is 3.23. The molecule has 0 heterocycles. The highest BCUT2D eigenvalue weighted by atomic mass is 16.6. The van der Waals surface area contributed by atoms with E-state index in [-0.39, 0.29) is 0 Å². The topological polar surface area (TPSA) is 105 Å². The van der Waals surface area contributed by atoms with E-state index in [4.69, 9.17) is 11.0 Å². The maximum atomic E-state index is 10.0. The summed E-state index contributed by atoms with van der Waals surface area (Å²) >= 11 is 0. The van der Waals surface area contributed by atoms with Crippen LogP contribution < -0.4 is 5.73 Å². The molecule has 0 aliphatic heterocycles. The van der Waals surface area contributed by atoms with Crippen LogP contribution in [0.1, 0.15) is 12.8 Å². The van der Waals surface area contributed by atoms with Gasteiger partial charge in [0.05, 0.1) is 6.07 Å². The summed E-state index contributed by atoms with van der Waals surface area (Å²) in [4.78, 5) is 13.2. The molecule has 6 nitrogen and oxygen atoms in total. The zero-order valence-corrected chi connectivity index (χ0v) is 6.80. The summed E-state index contributed by atoms with van der Waals surface area (Å²) in [7, 11) is 0. The monoisotopic (exact) mass is 180 g/mol. The molecular weight excluding hydrogens is 172 g/mol. The summed E-state index contributed by atoms with van der Waals surface area (Å²) in [5, 5.41) is 18.6. The standard InChI is InChI=1S/C7H8N4O2/c8-5-7(2-3-7)10-4-1-6(9)11(12)13/h1,4H,2-3,9H2/b6-1+,10-4?. The molecule has 68 valence electrons. The molecule has 1 aliphatic carbocycles. The number of nitro groups is 1. The van der Waals surface area contributed by atoms with E-state index < -0.39 is 16.3 Å². The smallest absolute Gasteiger partial charge is 0.315 e. The Morgan fingerprint density at radius 3 is 2.77 bits per heavy atom. The van der Waals surface area contributed by atoms with Gasteiger partial charge in [-0.25, -0.2) is 0 Å². The van der Waals surface area contributed by atoms with Gasteiger partial charge in [0.1, 0.15) is 5.54 Å². The molecule has 13 heavy (non-hydrogen) atoms.